The number of aliphatic hydroxyl groups is 4. The molecule has 15 heteroatoms. The number of esters is 3. The van der Waals surface area contributed by atoms with E-state index < -0.39 is 103 Å². The summed E-state index contributed by atoms with van der Waals surface area (Å²) in [6.45, 7) is -0.773. The van der Waals surface area contributed by atoms with Crippen LogP contribution in [0.1, 0.15) is 20.7 Å². The molecule has 246 valence electrons. The maximum atomic E-state index is 13.5. The number of benzene rings is 2. The first-order chi connectivity index (χ1) is 22.1. The fourth-order valence-corrected chi connectivity index (χ4v) is 5.97. The molecule has 0 bridgehead atoms. The van der Waals surface area contributed by atoms with Gasteiger partial charge < -0.3 is 54.0 Å². The Morgan fingerprint density at radius 3 is 1.87 bits per heavy atom. The van der Waals surface area contributed by atoms with Crippen molar-refractivity contribution in [2.75, 3.05) is 13.7 Å². The van der Waals surface area contributed by atoms with Crippen molar-refractivity contribution in [2.45, 2.75) is 49.2 Å². The maximum absolute atomic E-state index is 13.5. The zero-order valence-corrected chi connectivity index (χ0v) is 24.2. The number of rotatable bonds is 9. The van der Waals surface area contributed by atoms with Gasteiger partial charge in [0.15, 0.2) is 12.4 Å². The van der Waals surface area contributed by atoms with Crippen molar-refractivity contribution >= 4 is 23.9 Å². The minimum atomic E-state index is -1.89. The molecule has 0 amide bonds. The van der Waals surface area contributed by atoms with Gasteiger partial charge in [0.05, 0.1) is 36.7 Å². The summed E-state index contributed by atoms with van der Waals surface area (Å²) in [5.41, 5.74) is -0.305. The fraction of sp³-hybridized carbons (Fsp3) is 0.419. The number of ether oxygens (including phenoxy) is 6. The fourth-order valence-electron chi connectivity index (χ4n) is 5.97. The molecule has 3 aliphatic rings. The summed E-state index contributed by atoms with van der Waals surface area (Å²) in [5.74, 6) is -8.78. The van der Waals surface area contributed by atoms with Crippen LogP contribution in [-0.2, 0) is 38.0 Å². The summed E-state index contributed by atoms with van der Waals surface area (Å²) in [6.07, 6.45) is -12.7. The Balaban J connectivity index is 1.58. The highest BCUT2D eigenvalue weighted by Gasteiger charge is 2.65. The van der Waals surface area contributed by atoms with E-state index in [0.29, 0.717) is 0 Å². The zero-order valence-electron chi connectivity index (χ0n) is 24.2. The summed E-state index contributed by atoms with van der Waals surface area (Å²) in [6, 6.07) is 15.4. The Morgan fingerprint density at radius 1 is 0.783 bits per heavy atom. The highest BCUT2D eigenvalue weighted by atomic mass is 16.8. The summed E-state index contributed by atoms with van der Waals surface area (Å²) in [4.78, 5) is 52.6. The van der Waals surface area contributed by atoms with Crippen LogP contribution in [0.2, 0.25) is 0 Å². The number of hydrogen-bond donors (Lipinski definition) is 5. The first kappa shape index (κ1) is 33.0. The molecule has 11 atom stereocenters. The average Bonchev–Trinajstić information content (AvgIpc) is 3.38. The van der Waals surface area contributed by atoms with E-state index in [1.54, 1.807) is 36.4 Å². The third-order valence-electron chi connectivity index (χ3n) is 8.21. The van der Waals surface area contributed by atoms with Gasteiger partial charge in [-0.1, -0.05) is 36.4 Å². The zero-order chi connectivity index (χ0) is 33.1. The third kappa shape index (κ3) is 6.33. The van der Waals surface area contributed by atoms with Gasteiger partial charge in [0.2, 0.25) is 6.29 Å². The van der Waals surface area contributed by atoms with Gasteiger partial charge in [-0.05, 0) is 24.3 Å². The van der Waals surface area contributed by atoms with Crippen molar-refractivity contribution < 1.29 is 73.1 Å². The maximum Gasteiger partial charge on any atom is 0.338 e. The molecule has 46 heavy (non-hydrogen) atoms. The lowest BCUT2D eigenvalue weighted by Crippen LogP contribution is -2.60. The molecule has 2 aromatic carbocycles. The molecular weight excluding hydrogens is 612 g/mol. The number of carbonyl (C=O) groups excluding carboxylic acids is 3. The minimum absolute atomic E-state index is 0.0773. The number of hydrogen-bond acceptors (Lipinski definition) is 14. The monoisotopic (exact) mass is 644 g/mol. The van der Waals surface area contributed by atoms with E-state index in [1.807, 2.05) is 0 Å². The second kappa shape index (κ2) is 13.9. The number of carboxylic acids is 1. The molecular formula is C31H32O15. The van der Waals surface area contributed by atoms with Crippen molar-refractivity contribution in [2.24, 2.45) is 17.8 Å². The largest absolute Gasteiger partial charge is 0.478 e. The van der Waals surface area contributed by atoms with E-state index in [0.717, 1.165) is 13.4 Å². The molecule has 1 aliphatic carbocycles. The van der Waals surface area contributed by atoms with Gasteiger partial charge in [-0.2, -0.15) is 0 Å². The van der Waals surface area contributed by atoms with Crippen LogP contribution in [0.25, 0.3) is 0 Å². The highest BCUT2D eigenvalue weighted by Crippen LogP contribution is 2.51. The molecule has 1 saturated heterocycles. The van der Waals surface area contributed by atoms with Crippen LogP contribution in [0.15, 0.2) is 72.5 Å². The summed E-state index contributed by atoms with van der Waals surface area (Å²) in [7, 11) is 1.04. The summed E-state index contributed by atoms with van der Waals surface area (Å²) < 4.78 is 33.5. The predicted octanol–water partition coefficient (Wildman–Crippen LogP) is -0.386. The van der Waals surface area contributed by atoms with E-state index >= 15 is 0 Å². The quantitative estimate of drug-likeness (QED) is 0.173. The van der Waals surface area contributed by atoms with Gasteiger partial charge in [0.1, 0.15) is 36.4 Å². The Hall–Kier alpha value is -4.38. The lowest BCUT2D eigenvalue weighted by Gasteiger charge is -2.43. The molecule has 5 rings (SSSR count). The van der Waals surface area contributed by atoms with Crippen LogP contribution < -0.4 is 0 Å². The van der Waals surface area contributed by atoms with Gasteiger partial charge in [0.25, 0.3) is 0 Å². The lowest BCUT2D eigenvalue weighted by atomic mass is 9.82. The first-order valence-electron chi connectivity index (χ1n) is 14.2. The van der Waals surface area contributed by atoms with E-state index in [1.165, 1.54) is 24.3 Å². The molecule has 0 aromatic heterocycles. The van der Waals surface area contributed by atoms with E-state index in [-0.39, 0.29) is 11.1 Å². The van der Waals surface area contributed by atoms with Gasteiger partial charge in [0, 0.05) is 11.8 Å². The van der Waals surface area contributed by atoms with Crippen LogP contribution >= 0.6 is 0 Å². The molecule has 15 nitrogen and oxygen atoms in total. The second-order valence-electron chi connectivity index (χ2n) is 10.8. The van der Waals surface area contributed by atoms with Crippen molar-refractivity contribution in [3.05, 3.63) is 83.6 Å². The molecule has 2 heterocycles. The van der Waals surface area contributed by atoms with Crippen molar-refractivity contribution in [3.63, 3.8) is 0 Å². The van der Waals surface area contributed by atoms with Crippen LogP contribution in [0.3, 0.4) is 0 Å². The third-order valence-corrected chi connectivity index (χ3v) is 8.21. The minimum Gasteiger partial charge on any atom is -0.478 e. The highest BCUT2D eigenvalue weighted by molar-refractivity contribution is 5.92. The van der Waals surface area contributed by atoms with Gasteiger partial charge in [-0.3, -0.25) is 4.79 Å². The summed E-state index contributed by atoms with van der Waals surface area (Å²) >= 11 is 0. The predicted molar refractivity (Wildman–Crippen MR) is 149 cm³/mol. The van der Waals surface area contributed by atoms with Crippen LogP contribution in [0, 0.1) is 17.8 Å². The Labute approximate surface area is 261 Å². The molecule has 0 radical (unpaired) electrons. The second-order valence-corrected chi connectivity index (χ2v) is 10.8. The number of carbonyl (C=O) groups is 4. The molecule has 1 saturated carbocycles. The molecule has 0 unspecified atom stereocenters. The number of aliphatic hydroxyl groups excluding tert-OH is 4. The molecule has 2 fully saturated rings. The lowest BCUT2D eigenvalue weighted by molar-refractivity contribution is -0.342. The van der Waals surface area contributed by atoms with Gasteiger partial charge in [-0.15, -0.1) is 0 Å². The summed E-state index contributed by atoms with van der Waals surface area (Å²) in [5, 5.41) is 50.8. The van der Waals surface area contributed by atoms with Gasteiger partial charge >= 0.3 is 23.9 Å². The van der Waals surface area contributed by atoms with Crippen molar-refractivity contribution in [3.8, 4) is 0 Å². The average molecular weight is 645 g/mol. The van der Waals surface area contributed by atoms with Crippen LogP contribution in [0.4, 0.5) is 0 Å². The molecule has 2 aliphatic heterocycles. The SMILES string of the molecule is COC(=O)[C@H]1[C@@H](OC(=O)c2ccccc2)[C@@H](OC(=O)c2ccccc2)[C@H]2C(C(=O)O)=CO[C@H](O[C@@H]3O[C@@H](CO)[C@@H](O)[C@@H](O)[C@H]3O)[C@@H]21. The van der Waals surface area contributed by atoms with E-state index in [4.69, 9.17) is 28.4 Å². The van der Waals surface area contributed by atoms with Crippen molar-refractivity contribution in [1.29, 1.82) is 0 Å². The molecule has 5 N–H and O–H groups in total. The topological polar surface area (TPSA) is 225 Å². The Bertz CT molecular complexity index is 1440. The Morgan fingerprint density at radius 2 is 1.35 bits per heavy atom. The standard InChI is InChI=1S/C31H32O15/c1-41-29(40)20-19-18(16(26(36)37)13-42-30(19)46-31-23(35)22(34)21(33)17(12-32)43-31)24(44-27(38)14-8-4-2-5-9-14)25(20)45-28(39)15-10-6-3-7-11-15/h2-11,13,17-25,30-35H,12H2,1H3,(H,36,37)/t17-,18-,19-,20+,21+,22+,23+,24-,25+,30+,31-/m0/s1. The van der Waals surface area contributed by atoms with Crippen LogP contribution in [-0.4, -0.2) is 112 Å². The van der Waals surface area contributed by atoms with Gasteiger partial charge in [-0.25, -0.2) is 14.4 Å². The molecule has 2 aromatic rings. The Kier molecular flexibility index (Phi) is 10.0. The van der Waals surface area contributed by atoms with E-state index in [2.05, 4.69) is 0 Å². The number of aliphatic carboxylic acids is 1. The van der Waals surface area contributed by atoms with Crippen LogP contribution in [0.5, 0.6) is 0 Å². The molecule has 0 spiro atoms. The van der Waals surface area contributed by atoms with E-state index in [9.17, 15) is 44.7 Å². The normalized spacial score (nSPS) is 33.5. The smallest absolute Gasteiger partial charge is 0.338 e. The number of carboxylic acid groups (broad SMARTS) is 1. The van der Waals surface area contributed by atoms with Crippen molar-refractivity contribution in [1.82, 2.24) is 0 Å². The first-order valence-corrected chi connectivity index (χ1v) is 14.2. The number of fused-ring (bicyclic) bond motifs is 1. The number of methoxy groups -OCH3 is 1.